The Labute approximate surface area is 94.1 Å². The lowest BCUT2D eigenvalue weighted by atomic mass is 10.0. The highest BCUT2D eigenvalue weighted by atomic mass is 16.5. The van der Waals surface area contributed by atoms with Crippen LogP contribution in [-0.4, -0.2) is 17.1 Å². The van der Waals surface area contributed by atoms with Crippen LogP contribution in [0.15, 0.2) is 30.6 Å². The molecule has 2 rings (SSSR count). The van der Waals surface area contributed by atoms with E-state index in [1.807, 2.05) is 25.1 Å². The van der Waals surface area contributed by atoms with Crippen molar-refractivity contribution in [1.82, 2.24) is 9.97 Å². The lowest BCUT2D eigenvalue weighted by molar-refractivity contribution is 0.397. The van der Waals surface area contributed by atoms with Gasteiger partial charge in [0.05, 0.1) is 7.11 Å². The molecule has 0 bridgehead atoms. The van der Waals surface area contributed by atoms with Crippen LogP contribution in [0.3, 0.4) is 0 Å². The minimum absolute atomic E-state index is 0.510. The summed E-state index contributed by atoms with van der Waals surface area (Å²) in [6.45, 7) is 1.96. The second kappa shape index (κ2) is 4.18. The lowest BCUT2D eigenvalue weighted by Gasteiger charge is -2.09. The Morgan fingerprint density at radius 2 is 1.94 bits per heavy atom. The zero-order valence-electron chi connectivity index (χ0n) is 9.27. The summed E-state index contributed by atoms with van der Waals surface area (Å²) in [7, 11) is 1.58. The van der Waals surface area contributed by atoms with Crippen LogP contribution in [0.5, 0.6) is 5.88 Å². The van der Waals surface area contributed by atoms with Gasteiger partial charge in [-0.3, -0.25) is 0 Å². The van der Waals surface area contributed by atoms with Crippen LogP contribution >= 0.6 is 0 Å². The number of benzene rings is 1. The molecule has 0 aliphatic rings. The van der Waals surface area contributed by atoms with Gasteiger partial charge in [-0.2, -0.15) is 0 Å². The molecular weight excluding hydrogens is 202 g/mol. The first-order valence-corrected chi connectivity index (χ1v) is 4.94. The number of nitrogen functional groups attached to an aromatic ring is 1. The number of anilines is 1. The second-order valence-electron chi connectivity index (χ2n) is 3.43. The fraction of sp³-hybridized carbons (Fsp3) is 0.167. The molecule has 0 amide bonds. The van der Waals surface area contributed by atoms with Gasteiger partial charge in [0.15, 0.2) is 0 Å². The largest absolute Gasteiger partial charge is 0.479 e. The van der Waals surface area contributed by atoms with Crippen LogP contribution in [0.1, 0.15) is 5.56 Å². The normalized spacial score (nSPS) is 10.1. The maximum absolute atomic E-state index is 5.86. The minimum atomic E-state index is 0.510. The Morgan fingerprint density at radius 3 is 2.69 bits per heavy atom. The third kappa shape index (κ3) is 1.69. The van der Waals surface area contributed by atoms with Crippen molar-refractivity contribution in [3.63, 3.8) is 0 Å². The number of ether oxygens (including phenoxy) is 1. The number of methoxy groups -OCH3 is 1. The van der Waals surface area contributed by atoms with E-state index in [-0.39, 0.29) is 0 Å². The molecule has 1 heterocycles. The molecule has 0 atom stereocenters. The SMILES string of the molecule is COc1nccnc1-c1cccc(N)c1C. The highest BCUT2D eigenvalue weighted by molar-refractivity contribution is 5.72. The van der Waals surface area contributed by atoms with Crippen molar-refractivity contribution in [2.45, 2.75) is 6.92 Å². The van der Waals surface area contributed by atoms with E-state index in [1.165, 1.54) is 0 Å². The van der Waals surface area contributed by atoms with Crippen molar-refractivity contribution in [1.29, 1.82) is 0 Å². The van der Waals surface area contributed by atoms with Crippen molar-refractivity contribution in [2.24, 2.45) is 0 Å². The van der Waals surface area contributed by atoms with Gasteiger partial charge in [-0.05, 0) is 18.6 Å². The minimum Gasteiger partial charge on any atom is -0.479 e. The van der Waals surface area contributed by atoms with Crippen molar-refractivity contribution in [2.75, 3.05) is 12.8 Å². The maximum atomic E-state index is 5.86. The molecule has 0 saturated carbocycles. The van der Waals surface area contributed by atoms with E-state index < -0.39 is 0 Å². The number of nitrogens with two attached hydrogens (primary N) is 1. The average Bonchev–Trinajstić information content (AvgIpc) is 2.33. The highest BCUT2D eigenvalue weighted by Gasteiger charge is 2.11. The van der Waals surface area contributed by atoms with Crippen molar-refractivity contribution in [3.05, 3.63) is 36.2 Å². The molecule has 2 N–H and O–H groups in total. The van der Waals surface area contributed by atoms with E-state index in [4.69, 9.17) is 10.5 Å². The summed E-state index contributed by atoms with van der Waals surface area (Å²) in [6, 6.07) is 5.71. The fourth-order valence-corrected chi connectivity index (χ4v) is 1.57. The quantitative estimate of drug-likeness (QED) is 0.779. The molecule has 4 heteroatoms. The molecule has 2 aromatic rings. The molecule has 16 heavy (non-hydrogen) atoms. The van der Waals surface area contributed by atoms with Crippen LogP contribution in [0.2, 0.25) is 0 Å². The summed E-state index contributed by atoms with van der Waals surface area (Å²) in [5.74, 6) is 0.510. The van der Waals surface area contributed by atoms with Crippen molar-refractivity contribution >= 4 is 5.69 Å². The summed E-state index contributed by atoms with van der Waals surface area (Å²) in [4.78, 5) is 8.40. The molecule has 0 aliphatic heterocycles. The standard InChI is InChI=1S/C12H13N3O/c1-8-9(4-3-5-10(8)13)11-12(16-2)15-7-6-14-11/h3-7H,13H2,1-2H3. The summed E-state index contributed by atoms with van der Waals surface area (Å²) in [6.07, 6.45) is 3.24. The van der Waals surface area contributed by atoms with Gasteiger partial charge in [0, 0.05) is 23.6 Å². The summed E-state index contributed by atoms with van der Waals surface area (Å²) in [5.41, 5.74) is 9.26. The number of hydrogen-bond acceptors (Lipinski definition) is 4. The highest BCUT2D eigenvalue weighted by Crippen LogP contribution is 2.30. The molecule has 0 saturated heterocycles. The Balaban J connectivity index is 2.63. The predicted octanol–water partition coefficient (Wildman–Crippen LogP) is 2.04. The monoisotopic (exact) mass is 215 g/mol. The Kier molecular flexibility index (Phi) is 2.72. The molecule has 4 nitrogen and oxygen atoms in total. The first-order valence-electron chi connectivity index (χ1n) is 4.94. The molecule has 0 spiro atoms. The molecule has 82 valence electrons. The first kappa shape index (κ1) is 10.4. The van der Waals surface area contributed by atoms with Gasteiger partial charge in [-0.15, -0.1) is 0 Å². The van der Waals surface area contributed by atoms with Gasteiger partial charge >= 0.3 is 0 Å². The van der Waals surface area contributed by atoms with E-state index >= 15 is 0 Å². The maximum Gasteiger partial charge on any atom is 0.240 e. The van der Waals surface area contributed by atoms with Gasteiger partial charge in [0.25, 0.3) is 0 Å². The summed E-state index contributed by atoms with van der Waals surface area (Å²) < 4.78 is 5.18. The zero-order chi connectivity index (χ0) is 11.5. The fourth-order valence-electron chi connectivity index (χ4n) is 1.57. The van der Waals surface area contributed by atoms with E-state index in [2.05, 4.69) is 9.97 Å². The smallest absolute Gasteiger partial charge is 0.240 e. The van der Waals surface area contributed by atoms with E-state index in [0.717, 1.165) is 22.5 Å². The molecule has 0 unspecified atom stereocenters. The van der Waals surface area contributed by atoms with Crippen LogP contribution in [-0.2, 0) is 0 Å². The molecule has 0 fully saturated rings. The number of aromatic nitrogens is 2. The topological polar surface area (TPSA) is 61.0 Å². The number of hydrogen-bond donors (Lipinski definition) is 1. The van der Waals surface area contributed by atoms with Gasteiger partial charge in [-0.25, -0.2) is 9.97 Å². The van der Waals surface area contributed by atoms with Crippen molar-refractivity contribution < 1.29 is 4.74 Å². The molecular formula is C12H13N3O. The number of nitrogens with zero attached hydrogens (tertiary/aromatic N) is 2. The third-order valence-corrected chi connectivity index (χ3v) is 2.49. The second-order valence-corrected chi connectivity index (χ2v) is 3.43. The van der Waals surface area contributed by atoms with Crippen LogP contribution in [0, 0.1) is 6.92 Å². The van der Waals surface area contributed by atoms with Crippen LogP contribution in [0.25, 0.3) is 11.3 Å². The van der Waals surface area contributed by atoms with Gasteiger partial charge in [-0.1, -0.05) is 12.1 Å². The average molecular weight is 215 g/mol. The van der Waals surface area contributed by atoms with Crippen LogP contribution in [0.4, 0.5) is 5.69 Å². The van der Waals surface area contributed by atoms with E-state index in [0.29, 0.717) is 5.88 Å². The Hall–Kier alpha value is -2.10. The Morgan fingerprint density at radius 1 is 1.19 bits per heavy atom. The van der Waals surface area contributed by atoms with Gasteiger partial charge < -0.3 is 10.5 Å². The number of rotatable bonds is 2. The zero-order valence-corrected chi connectivity index (χ0v) is 9.27. The first-order chi connectivity index (χ1) is 7.74. The predicted molar refractivity (Wildman–Crippen MR) is 63.2 cm³/mol. The van der Waals surface area contributed by atoms with Gasteiger partial charge in [0.2, 0.25) is 5.88 Å². The molecule has 0 radical (unpaired) electrons. The molecule has 0 aliphatic carbocycles. The van der Waals surface area contributed by atoms with Crippen LogP contribution < -0.4 is 10.5 Å². The third-order valence-electron chi connectivity index (χ3n) is 2.49. The summed E-state index contributed by atoms with van der Waals surface area (Å²) in [5, 5.41) is 0. The van der Waals surface area contributed by atoms with E-state index in [9.17, 15) is 0 Å². The molecule has 1 aromatic heterocycles. The van der Waals surface area contributed by atoms with Crippen molar-refractivity contribution in [3.8, 4) is 17.1 Å². The lowest BCUT2D eigenvalue weighted by Crippen LogP contribution is -1.97. The Bertz CT molecular complexity index is 511. The van der Waals surface area contributed by atoms with Gasteiger partial charge in [0.1, 0.15) is 5.69 Å². The molecule has 1 aromatic carbocycles. The summed E-state index contributed by atoms with van der Waals surface area (Å²) >= 11 is 0. The van der Waals surface area contributed by atoms with E-state index in [1.54, 1.807) is 19.5 Å².